The van der Waals surface area contributed by atoms with E-state index in [1.54, 1.807) is 18.2 Å². The molecule has 484 valence electrons. The summed E-state index contributed by atoms with van der Waals surface area (Å²) in [4.78, 5) is 71.6. The molecule has 1 fully saturated rings. The van der Waals surface area contributed by atoms with Gasteiger partial charge < -0.3 is 59.6 Å². The van der Waals surface area contributed by atoms with Crippen molar-refractivity contribution in [2.24, 2.45) is 30.5 Å². The molecule has 4 aromatic heterocycles. The number of aliphatic imine (C=N–C) groups is 2. The lowest BCUT2D eigenvalue weighted by Gasteiger charge is -2.16. The van der Waals surface area contributed by atoms with Gasteiger partial charge in [0.1, 0.15) is 41.7 Å². The van der Waals surface area contributed by atoms with E-state index in [0.717, 1.165) is 79.9 Å². The zero-order chi connectivity index (χ0) is 66.5. The smallest absolute Gasteiger partial charge is 0.270 e. The van der Waals surface area contributed by atoms with Crippen LogP contribution in [-0.2, 0) is 9.68 Å². The van der Waals surface area contributed by atoms with Crippen molar-refractivity contribution in [2.45, 2.75) is 33.6 Å². The van der Waals surface area contributed by atoms with E-state index in [2.05, 4.69) is 106 Å². The van der Waals surface area contributed by atoms with Crippen LogP contribution in [0.15, 0.2) is 149 Å². The highest BCUT2D eigenvalue weighted by Crippen LogP contribution is 2.46. The van der Waals surface area contributed by atoms with E-state index in [9.17, 15) is 45.7 Å². The van der Waals surface area contributed by atoms with Crippen LogP contribution in [0.3, 0.4) is 0 Å². The monoisotopic (exact) mass is 1400 g/mol. The first-order valence-electron chi connectivity index (χ1n) is 30.0. The van der Waals surface area contributed by atoms with Gasteiger partial charge in [-0.3, -0.25) is 30.3 Å². The number of aromatic hydroxyl groups is 3. The second-order valence-electron chi connectivity index (χ2n) is 22.5. The van der Waals surface area contributed by atoms with Crippen LogP contribution >= 0.6 is 31.9 Å². The fourth-order valence-electron chi connectivity index (χ4n) is 11.4. The van der Waals surface area contributed by atoms with E-state index in [0.29, 0.717) is 117 Å². The van der Waals surface area contributed by atoms with Crippen molar-refractivity contribution in [3.05, 3.63) is 176 Å². The van der Waals surface area contributed by atoms with Crippen molar-refractivity contribution in [3.8, 4) is 28.9 Å². The van der Waals surface area contributed by atoms with Crippen molar-refractivity contribution in [1.82, 2.24) is 34.6 Å². The van der Waals surface area contributed by atoms with Crippen molar-refractivity contribution >= 4 is 132 Å². The maximum absolute atomic E-state index is 11.3. The Morgan fingerprint density at radius 3 is 1.59 bits per heavy atom. The molecule has 0 unspecified atom stereocenters. The highest BCUT2D eigenvalue weighted by Gasteiger charge is 2.33. The second-order valence-corrected chi connectivity index (χ2v) is 24.4. The molecular formula is C65H64Br2N16O11. The number of hydrogen-bond donors (Lipinski definition) is 7. The average Bonchev–Trinajstić information content (AvgIpc) is 1.62. The number of aryl methyl sites for hydroxylation is 1. The summed E-state index contributed by atoms with van der Waals surface area (Å²) in [5, 5.41) is 86.3. The van der Waals surface area contributed by atoms with Crippen LogP contribution < -0.4 is 0 Å². The molecule has 0 bridgehead atoms. The van der Waals surface area contributed by atoms with E-state index in [1.807, 2.05) is 80.5 Å². The number of H-pyrrole nitrogens is 4. The minimum Gasteiger partial charge on any atom is -0.494 e. The number of likely N-dealkylation sites (N-methyl/N-ethyl adjacent to an activating group) is 2. The molecule has 1 saturated heterocycles. The zero-order valence-electron chi connectivity index (χ0n) is 51.6. The summed E-state index contributed by atoms with van der Waals surface area (Å²) in [5.74, 6) is -0.111. The van der Waals surface area contributed by atoms with Gasteiger partial charge in [0.25, 0.3) is 17.1 Å². The molecule has 3 aliphatic heterocycles. The topological polar surface area (TPSA) is 356 Å². The fourth-order valence-corrected chi connectivity index (χ4v) is 12.1. The quantitative estimate of drug-likeness (QED) is 0.0161. The molecule has 7 heterocycles. The first-order chi connectivity index (χ1) is 45.3. The summed E-state index contributed by atoms with van der Waals surface area (Å²) < 4.78 is 1.74. The van der Waals surface area contributed by atoms with Crippen LogP contribution in [0, 0.1) is 37.3 Å². The zero-order valence-corrected chi connectivity index (χ0v) is 54.8. The van der Waals surface area contributed by atoms with Gasteiger partial charge in [0.2, 0.25) is 0 Å². The van der Waals surface area contributed by atoms with Crippen molar-refractivity contribution in [2.75, 3.05) is 79.7 Å². The Morgan fingerprint density at radius 1 is 0.585 bits per heavy atom. The number of aromatic nitrogens is 4. The molecule has 0 radical (unpaired) electrons. The third-order valence-corrected chi connectivity index (χ3v) is 17.1. The molecule has 0 aliphatic carbocycles. The predicted molar refractivity (Wildman–Crippen MR) is 369 cm³/mol. The van der Waals surface area contributed by atoms with Crippen LogP contribution in [0.2, 0.25) is 0 Å². The molecule has 13 rings (SSSR count). The number of likely N-dealkylation sites (tertiary alicyclic amines) is 1. The van der Waals surface area contributed by atoms with Gasteiger partial charge in [-0.2, -0.15) is 10.2 Å². The first kappa shape index (κ1) is 65.3. The highest BCUT2D eigenvalue weighted by atomic mass is 79.9. The standard InChI is InChI=1S/C23H25N5O4.C22H21BrN6O3.C20H18BrN5O4/c1-4-27(5-2)10-11-32-26-21-17-13-15(28(30)31)7-9-18(17)24-22(21)20-16-8-6-14(3)12-19(16)25-23(20)29;23-13-3-5-15-18(11-13)26-22(30)19(15)21-20(27-24-7-10-28-8-1-2-9-28)16-12-14(29(31)32)4-6-17(16)25-21;1-25(2)7-8-30-24-18-14-10-12(26(28)29)4-6-15(14)22-19(18)17-13-5-3-11(21)9-16(13)23-20(17)27/h6-9,12-13,25,29H,4-5,10-11H2,1-3H3;3-6,11-12,25-26,30H,1-2,7-10H2;3-6,9-10,23,27H,7-8H2,1-2H3/b26-21+;;24-18+. The maximum atomic E-state index is 11.3. The number of nitrogens with one attached hydrogen (secondary N) is 4. The minimum atomic E-state index is -0.469. The number of benzene rings is 6. The van der Waals surface area contributed by atoms with Gasteiger partial charge in [0.15, 0.2) is 17.6 Å². The lowest BCUT2D eigenvalue weighted by atomic mass is 10.00. The van der Waals surface area contributed by atoms with Gasteiger partial charge >= 0.3 is 0 Å². The number of non-ortho nitro benzene ring substituents is 3. The molecule has 94 heavy (non-hydrogen) atoms. The maximum Gasteiger partial charge on any atom is 0.270 e. The SMILES string of the molecule is CCN(CC)CCO/N=C1/C(c2c(O)[nH]c3cc(C)ccc23)=Nc2ccc([N+](=O)[O-])cc21.CN(C)CCO/N=C1/C(c2c(O)[nH]c3cc(Br)ccc23)=Nc2ccc([N+](=O)[O-])cc21.O=[N+]([O-])c1ccc2[nH]c(-c3c(O)[nH]c4cc(Br)ccc34)c(N=NCCN3CCCC3)c2c1. The minimum absolute atomic E-state index is 0.00678. The van der Waals surface area contributed by atoms with Gasteiger partial charge in [-0.25, -0.2) is 9.98 Å². The third kappa shape index (κ3) is 13.9. The highest BCUT2D eigenvalue weighted by molar-refractivity contribution is 9.10. The number of nitrogens with zero attached hydrogens (tertiary/aromatic N) is 12. The lowest BCUT2D eigenvalue weighted by molar-refractivity contribution is -0.385. The molecule has 0 amide bonds. The van der Waals surface area contributed by atoms with Crippen LogP contribution in [-0.4, -0.2) is 167 Å². The Bertz CT molecular complexity index is 4750. The summed E-state index contributed by atoms with van der Waals surface area (Å²) in [6.07, 6.45) is 2.42. The van der Waals surface area contributed by atoms with Crippen molar-refractivity contribution in [1.29, 1.82) is 0 Å². The number of azo groups is 1. The molecule has 0 spiro atoms. The van der Waals surface area contributed by atoms with Crippen LogP contribution in [0.4, 0.5) is 34.1 Å². The Morgan fingerprint density at radius 2 is 1.06 bits per heavy atom. The Kier molecular flexibility index (Phi) is 19.7. The number of rotatable bonds is 20. The van der Waals surface area contributed by atoms with E-state index in [1.165, 1.54) is 49.2 Å². The summed E-state index contributed by atoms with van der Waals surface area (Å²) in [6, 6.07) is 30.4. The molecular weight excluding hydrogens is 1340 g/mol. The molecule has 3 aliphatic rings. The van der Waals surface area contributed by atoms with Crippen LogP contribution in [0.25, 0.3) is 54.9 Å². The second kappa shape index (κ2) is 28.3. The summed E-state index contributed by atoms with van der Waals surface area (Å²) in [7, 11) is 3.83. The van der Waals surface area contributed by atoms with Gasteiger partial charge in [0, 0.05) is 109 Å². The number of halogens is 2. The van der Waals surface area contributed by atoms with Crippen LogP contribution in [0.5, 0.6) is 17.6 Å². The Hall–Kier alpha value is -10.2. The van der Waals surface area contributed by atoms with Gasteiger partial charge in [0.05, 0.1) is 66.1 Å². The van der Waals surface area contributed by atoms with E-state index in [-0.39, 0.29) is 34.7 Å². The molecule has 0 saturated carbocycles. The molecule has 6 aromatic carbocycles. The molecule has 0 atom stereocenters. The molecule has 27 nitrogen and oxygen atoms in total. The van der Waals surface area contributed by atoms with Gasteiger partial charge in [-0.15, -0.1) is 0 Å². The Labute approximate surface area is 552 Å². The number of hydrogen-bond acceptors (Lipinski definition) is 20. The van der Waals surface area contributed by atoms with E-state index < -0.39 is 14.8 Å². The van der Waals surface area contributed by atoms with Gasteiger partial charge in [-0.1, -0.05) is 80.3 Å². The normalized spacial score (nSPS) is 14.5. The summed E-state index contributed by atoms with van der Waals surface area (Å²) in [5.41, 5.74) is 9.92. The van der Waals surface area contributed by atoms with Crippen molar-refractivity contribution in [3.63, 3.8) is 0 Å². The molecule has 7 N–H and O–H groups in total. The van der Waals surface area contributed by atoms with E-state index in [4.69, 9.17) is 9.68 Å². The van der Waals surface area contributed by atoms with Crippen molar-refractivity contribution < 1.29 is 39.8 Å². The summed E-state index contributed by atoms with van der Waals surface area (Å²) in [6.45, 7) is 13.5. The fraction of sp³-hybridized carbons (Fsp3) is 0.262. The number of oxime groups is 2. The lowest BCUT2D eigenvalue weighted by Crippen LogP contribution is -2.26. The largest absolute Gasteiger partial charge is 0.494 e. The third-order valence-electron chi connectivity index (χ3n) is 16.1. The molecule has 10 aromatic rings. The number of nitro groups is 3. The first-order valence-corrected chi connectivity index (χ1v) is 31.6. The molecule has 29 heteroatoms. The summed E-state index contributed by atoms with van der Waals surface area (Å²) >= 11 is 6.86. The predicted octanol–water partition coefficient (Wildman–Crippen LogP) is 14.1. The van der Waals surface area contributed by atoms with Crippen LogP contribution in [0.1, 0.15) is 54.5 Å². The van der Waals surface area contributed by atoms with Gasteiger partial charge in [-0.05, 0) is 114 Å². The number of nitro benzene ring substituents is 3. The Balaban J connectivity index is 0.000000144. The van der Waals surface area contributed by atoms with E-state index >= 15 is 0 Å². The number of fused-ring (bicyclic) bond motifs is 6. The average molecular weight is 1410 g/mol. The number of aromatic amines is 4.